The lowest BCUT2D eigenvalue weighted by Gasteiger charge is -1.81. The normalized spacial score (nSPS) is 7.67. The van der Waals surface area contributed by atoms with Crippen LogP contribution in [0.4, 0.5) is 0 Å². The molecule has 1 heterocycles. The van der Waals surface area contributed by atoms with Crippen LogP contribution >= 0.6 is 15.9 Å². The molecule has 1 aromatic rings. The third kappa shape index (κ3) is 1.82. The third-order valence-electron chi connectivity index (χ3n) is 0.752. The van der Waals surface area contributed by atoms with Crippen molar-refractivity contribution in [1.29, 1.82) is 0 Å². The molecule has 0 aromatic carbocycles. The Labute approximate surface area is 61.5 Å². The Morgan fingerprint density at radius 2 is 2.00 bits per heavy atom. The summed E-state index contributed by atoms with van der Waals surface area (Å²) >= 11 is 2.97. The molecule has 1 rings (SSSR count). The quantitative estimate of drug-likeness (QED) is 0.564. The van der Waals surface area contributed by atoms with Crippen LogP contribution in [0.1, 0.15) is 5.56 Å². The number of rotatable bonds is 0. The van der Waals surface area contributed by atoms with Crippen LogP contribution < -0.4 is 0 Å². The molecule has 0 amide bonds. The summed E-state index contributed by atoms with van der Waals surface area (Å²) in [6.45, 7) is 0. The fourth-order valence-corrected chi connectivity index (χ4v) is 0.647. The fourth-order valence-electron chi connectivity index (χ4n) is 0.418. The molecule has 0 aliphatic carbocycles. The highest BCUT2D eigenvalue weighted by Gasteiger charge is 1.80. The maximum atomic E-state index is 3.77. The number of hydrogen-bond acceptors (Lipinski definition) is 2. The van der Waals surface area contributed by atoms with Crippen LogP contribution in [-0.2, 0) is 0 Å². The summed E-state index contributed by atoms with van der Waals surface area (Å²) in [7, 11) is 0. The SMILES string of the molecule is BrC#Cc1cncnc1. The molecule has 0 unspecified atom stereocenters. The van der Waals surface area contributed by atoms with Gasteiger partial charge >= 0.3 is 0 Å². The Kier molecular flexibility index (Phi) is 2.22. The van der Waals surface area contributed by atoms with E-state index in [2.05, 4.69) is 36.6 Å². The molecule has 0 saturated heterocycles. The van der Waals surface area contributed by atoms with Crippen LogP contribution in [0.2, 0.25) is 0 Å². The van der Waals surface area contributed by atoms with Gasteiger partial charge in [-0.15, -0.1) is 0 Å². The standard InChI is InChI=1S/C6H3BrN2/c7-2-1-6-3-8-5-9-4-6/h3-5H. The molecule has 9 heavy (non-hydrogen) atoms. The van der Waals surface area contributed by atoms with Crippen molar-refractivity contribution in [2.75, 3.05) is 0 Å². The highest BCUT2D eigenvalue weighted by Crippen LogP contribution is 1.88. The van der Waals surface area contributed by atoms with Crippen molar-refractivity contribution in [2.24, 2.45) is 0 Å². The molecule has 1 aromatic heterocycles. The summed E-state index contributed by atoms with van der Waals surface area (Å²) in [6.07, 6.45) is 4.78. The van der Waals surface area contributed by atoms with Crippen LogP contribution in [0.5, 0.6) is 0 Å². The average Bonchev–Trinajstić information content (AvgIpc) is 1.91. The second-order valence-electron chi connectivity index (χ2n) is 1.35. The molecule has 0 bridgehead atoms. The molecule has 0 N–H and O–H groups in total. The van der Waals surface area contributed by atoms with Crippen molar-refractivity contribution < 1.29 is 0 Å². The van der Waals surface area contributed by atoms with E-state index in [1.165, 1.54) is 6.33 Å². The van der Waals surface area contributed by atoms with Crippen LogP contribution in [0.15, 0.2) is 18.7 Å². The van der Waals surface area contributed by atoms with Crippen LogP contribution in [0.3, 0.4) is 0 Å². The van der Waals surface area contributed by atoms with Gasteiger partial charge in [-0.1, -0.05) is 5.92 Å². The maximum absolute atomic E-state index is 3.77. The molecule has 0 saturated carbocycles. The minimum absolute atomic E-state index is 0.814. The largest absolute Gasteiger partial charge is 0.244 e. The number of halogens is 1. The Hall–Kier alpha value is -0.880. The topological polar surface area (TPSA) is 25.8 Å². The Morgan fingerprint density at radius 1 is 1.33 bits per heavy atom. The van der Waals surface area contributed by atoms with Crippen molar-refractivity contribution in [1.82, 2.24) is 9.97 Å². The second-order valence-corrected chi connectivity index (χ2v) is 1.74. The minimum atomic E-state index is 0.814. The van der Waals surface area contributed by atoms with E-state index in [1.54, 1.807) is 12.4 Å². The van der Waals surface area contributed by atoms with Gasteiger partial charge in [0.1, 0.15) is 6.33 Å². The molecule has 0 fully saturated rings. The Morgan fingerprint density at radius 3 is 2.56 bits per heavy atom. The van der Waals surface area contributed by atoms with Crippen molar-refractivity contribution in [3.8, 4) is 10.8 Å². The monoisotopic (exact) mass is 182 g/mol. The second kappa shape index (κ2) is 3.21. The molecule has 2 nitrogen and oxygen atoms in total. The first kappa shape index (κ1) is 6.24. The highest BCUT2D eigenvalue weighted by atomic mass is 79.9. The van der Waals surface area contributed by atoms with E-state index in [9.17, 15) is 0 Å². The van der Waals surface area contributed by atoms with Gasteiger partial charge in [0.2, 0.25) is 0 Å². The van der Waals surface area contributed by atoms with Crippen LogP contribution in [-0.4, -0.2) is 9.97 Å². The lowest BCUT2D eigenvalue weighted by molar-refractivity contribution is 1.16. The Balaban J connectivity index is 2.94. The van der Waals surface area contributed by atoms with E-state index in [1.807, 2.05) is 0 Å². The fraction of sp³-hybridized carbons (Fsp3) is 0. The van der Waals surface area contributed by atoms with E-state index >= 15 is 0 Å². The molecule has 3 heteroatoms. The third-order valence-corrected chi connectivity index (χ3v) is 0.950. The molecule has 0 atom stereocenters. The first-order valence-corrected chi connectivity index (χ1v) is 3.09. The van der Waals surface area contributed by atoms with Crippen molar-refractivity contribution in [3.05, 3.63) is 24.3 Å². The van der Waals surface area contributed by atoms with Crippen molar-refractivity contribution in [2.45, 2.75) is 0 Å². The first-order chi connectivity index (χ1) is 4.43. The number of aromatic nitrogens is 2. The van der Waals surface area contributed by atoms with Crippen LogP contribution in [0.25, 0.3) is 0 Å². The van der Waals surface area contributed by atoms with Crippen molar-refractivity contribution in [3.63, 3.8) is 0 Å². The number of nitrogens with zero attached hydrogens (tertiary/aromatic N) is 2. The molecule has 44 valence electrons. The molecular weight excluding hydrogens is 180 g/mol. The molecular formula is C6H3BrN2. The van der Waals surface area contributed by atoms with E-state index in [-0.39, 0.29) is 0 Å². The lowest BCUT2D eigenvalue weighted by atomic mass is 10.4. The van der Waals surface area contributed by atoms with Gasteiger partial charge < -0.3 is 0 Å². The van der Waals surface area contributed by atoms with Gasteiger partial charge in [0.05, 0.1) is 5.56 Å². The smallest absolute Gasteiger partial charge is 0.115 e. The zero-order valence-electron chi connectivity index (χ0n) is 4.50. The first-order valence-electron chi connectivity index (χ1n) is 2.30. The highest BCUT2D eigenvalue weighted by molar-refractivity contribution is 9.12. The van der Waals surface area contributed by atoms with E-state index in [0.717, 1.165) is 5.56 Å². The van der Waals surface area contributed by atoms with Gasteiger partial charge in [-0.2, -0.15) is 0 Å². The summed E-state index contributed by atoms with van der Waals surface area (Å²) in [5.74, 6) is 2.75. The van der Waals surface area contributed by atoms with Crippen molar-refractivity contribution >= 4 is 15.9 Å². The van der Waals surface area contributed by atoms with E-state index < -0.39 is 0 Å². The maximum Gasteiger partial charge on any atom is 0.115 e. The lowest BCUT2D eigenvalue weighted by Crippen LogP contribution is -1.77. The average molecular weight is 183 g/mol. The summed E-state index contributed by atoms with van der Waals surface area (Å²) in [6, 6.07) is 0. The van der Waals surface area contributed by atoms with Gasteiger partial charge in [0.15, 0.2) is 0 Å². The zero-order chi connectivity index (χ0) is 6.53. The predicted molar refractivity (Wildman–Crippen MR) is 37.8 cm³/mol. The van der Waals surface area contributed by atoms with Gasteiger partial charge in [0, 0.05) is 28.3 Å². The zero-order valence-corrected chi connectivity index (χ0v) is 6.09. The summed E-state index contributed by atoms with van der Waals surface area (Å²) < 4.78 is 0. The predicted octanol–water partition coefficient (Wildman–Crippen LogP) is 1.18. The molecule has 0 aliphatic heterocycles. The Bertz CT molecular complexity index is 234. The van der Waals surface area contributed by atoms with E-state index in [4.69, 9.17) is 0 Å². The van der Waals surface area contributed by atoms with Crippen LogP contribution in [0, 0.1) is 10.8 Å². The van der Waals surface area contributed by atoms with Gasteiger partial charge in [0.25, 0.3) is 0 Å². The summed E-state index contributed by atoms with van der Waals surface area (Å²) in [4.78, 5) is 10.1. The van der Waals surface area contributed by atoms with Gasteiger partial charge in [-0.05, 0) is 4.83 Å². The minimum Gasteiger partial charge on any atom is -0.244 e. The molecule has 0 spiro atoms. The summed E-state index contributed by atoms with van der Waals surface area (Å²) in [5, 5.41) is 0. The molecule has 0 radical (unpaired) electrons. The molecule has 0 aliphatic rings. The van der Waals surface area contributed by atoms with E-state index in [0.29, 0.717) is 0 Å². The van der Waals surface area contributed by atoms with Gasteiger partial charge in [-0.25, -0.2) is 9.97 Å². The van der Waals surface area contributed by atoms with Gasteiger partial charge in [-0.3, -0.25) is 0 Å². The number of hydrogen-bond donors (Lipinski definition) is 0. The summed E-state index contributed by atoms with van der Waals surface area (Å²) in [5.41, 5.74) is 0.814.